The number of nitrogens with zero attached hydrogens (tertiary/aromatic N) is 4. The second-order valence-electron chi connectivity index (χ2n) is 4.93. The fraction of sp³-hybridized carbons (Fsp3) is 0.286. The molecule has 0 aliphatic heterocycles. The molecule has 1 atom stereocenters. The molecular weight excluding hydrogens is 254 g/mol. The zero-order valence-electron chi connectivity index (χ0n) is 11.5. The summed E-state index contributed by atoms with van der Waals surface area (Å²) in [7, 11) is 1.90. The van der Waals surface area contributed by atoms with E-state index < -0.39 is 6.10 Å². The van der Waals surface area contributed by atoms with Crippen molar-refractivity contribution in [2.75, 3.05) is 5.73 Å². The summed E-state index contributed by atoms with van der Waals surface area (Å²) in [5.41, 5.74) is 9.25. The van der Waals surface area contributed by atoms with E-state index in [1.807, 2.05) is 40.6 Å². The maximum Gasteiger partial charge on any atom is 0.138 e. The van der Waals surface area contributed by atoms with E-state index in [9.17, 15) is 5.11 Å². The highest BCUT2D eigenvalue weighted by Crippen LogP contribution is 2.23. The van der Waals surface area contributed by atoms with Crippen molar-refractivity contribution in [2.24, 2.45) is 7.05 Å². The van der Waals surface area contributed by atoms with Gasteiger partial charge in [-0.05, 0) is 31.2 Å². The molecule has 104 valence electrons. The van der Waals surface area contributed by atoms with Crippen LogP contribution in [0.5, 0.6) is 0 Å². The van der Waals surface area contributed by atoms with Gasteiger partial charge in [0.05, 0.1) is 23.3 Å². The van der Waals surface area contributed by atoms with Crippen LogP contribution in [-0.4, -0.2) is 24.4 Å². The van der Waals surface area contributed by atoms with E-state index in [1.54, 1.807) is 13.1 Å². The molecule has 0 spiro atoms. The molecule has 6 heteroatoms. The lowest BCUT2D eigenvalue weighted by Gasteiger charge is -2.11. The average Bonchev–Trinajstić information content (AvgIpc) is 2.95. The van der Waals surface area contributed by atoms with Gasteiger partial charge in [0.2, 0.25) is 0 Å². The quantitative estimate of drug-likeness (QED) is 0.706. The molecule has 0 saturated heterocycles. The van der Waals surface area contributed by atoms with Crippen molar-refractivity contribution in [3.05, 3.63) is 42.0 Å². The third kappa shape index (κ3) is 2.04. The molecule has 1 unspecified atom stereocenters. The molecular formula is C14H17N5O. The van der Waals surface area contributed by atoms with Gasteiger partial charge in [-0.15, -0.1) is 0 Å². The van der Waals surface area contributed by atoms with E-state index in [0.717, 1.165) is 16.7 Å². The minimum absolute atomic E-state index is 0.608. The van der Waals surface area contributed by atoms with Crippen LogP contribution in [0.3, 0.4) is 0 Å². The smallest absolute Gasteiger partial charge is 0.138 e. The van der Waals surface area contributed by atoms with Crippen LogP contribution in [0.1, 0.15) is 24.5 Å². The van der Waals surface area contributed by atoms with E-state index in [2.05, 4.69) is 10.1 Å². The molecule has 1 aromatic carbocycles. The Labute approximate surface area is 116 Å². The predicted octanol–water partition coefficient (Wildman–Crippen LogP) is 1.45. The summed E-state index contributed by atoms with van der Waals surface area (Å²) in [5, 5.41) is 14.1. The Balaban J connectivity index is 2.16. The van der Waals surface area contributed by atoms with Crippen LogP contribution in [0.4, 0.5) is 5.69 Å². The summed E-state index contributed by atoms with van der Waals surface area (Å²) in [6.07, 6.45) is 1.12. The van der Waals surface area contributed by atoms with Crippen LogP contribution in [-0.2, 0) is 13.6 Å². The molecule has 0 aliphatic rings. The van der Waals surface area contributed by atoms with Crippen LogP contribution >= 0.6 is 0 Å². The Morgan fingerprint density at radius 2 is 2.15 bits per heavy atom. The number of aryl methyl sites for hydroxylation is 1. The van der Waals surface area contributed by atoms with Crippen molar-refractivity contribution >= 4 is 16.7 Å². The minimum atomic E-state index is -0.642. The third-order valence-corrected chi connectivity index (χ3v) is 3.42. The second-order valence-corrected chi connectivity index (χ2v) is 4.93. The number of fused-ring (bicyclic) bond motifs is 1. The molecule has 0 amide bonds. The first-order valence-electron chi connectivity index (χ1n) is 6.47. The zero-order chi connectivity index (χ0) is 14.3. The van der Waals surface area contributed by atoms with Gasteiger partial charge in [-0.3, -0.25) is 4.68 Å². The lowest BCUT2D eigenvalue weighted by atomic mass is 10.2. The summed E-state index contributed by atoms with van der Waals surface area (Å²) >= 11 is 0. The molecule has 2 aromatic heterocycles. The highest BCUT2D eigenvalue weighted by atomic mass is 16.3. The standard InChI is InChI=1S/C14H17N5O/c1-9(20)14-17-12-7-10(15)3-4-13(12)19(14)8-11-5-6-16-18(11)2/h3-7,9,20H,8,15H2,1-2H3. The number of aromatic nitrogens is 4. The molecule has 20 heavy (non-hydrogen) atoms. The Bertz CT molecular complexity index is 756. The minimum Gasteiger partial charge on any atom is -0.399 e. The molecule has 2 heterocycles. The van der Waals surface area contributed by atoms with Crippen LogP contribution in [0.15, 0.2) is 30.5 Å². The van der Waals surface area contributed by atoms with E-state index in [-0.39, 0.29) is 0 Å². The summed E-state index contributed by atoms with van der Waals surface area (Å²) < 4.78 is 3.81. The van der Waals surface area contributed by atoms with Crippen LogP contribution in [0.2, 0.25) is 0 Å². The summed E-state index contributed by atoms with van der Waals surface area (Å²) in [6.45, 7) is 2.32. The van der Waals surface area contributed by atoms with Crippen LogP contribution in [0.25, 0.3) is 11.0 Å². The van der Waals surface area contributed by atoms with Gasteiger partial charge in [-0.2, -0.15) is 5.10 Å². The van der Waals surface area contributed by atoms with Gasteiger partial charge < -0.3 is 15.4 Å². The number of imidazole rings is 1. The summed E-state index contributed by atoms with van der Waals surface area (Å²) in [4.78, 5) is 4.49. The SMILES string of the molecule is CC(O)c1nc2cc(N)ccc2n1Cc1ccnn1C. The van der Waals surface area contributed by atoms with Gasteiger partial charge >= 0.3 is 0 Å². The Morgan fingerprint density at radius 3 is 2.80 bits per heavy atom. The predicted molar refractivity (Wildman–Crippen MR) is 77.1 cm³/mol. The first kappa shape index (κ1) is 12.7. The molecule has 0 radical (unpaired) electrons. The van der Waals surface area contributed by atoms with E-state index in [4.69, 9.17) is 5.73 Å². The van der Waals surface area contributed by atoms with Crippen molar-refractivity contribution in [2.45, 2.75) is 19.6 Å². The largest absolute Gasteiger partial charge is 0.399 e. The normalized spacial score (nSPS) is 12.9. The molecule has 0 saturated carbocycles. The van der Waals surface area contributed by atoms with Crippen LogP contribution < -0.4 is 5.73 Å². The van der Waals surface area contributed by atoms with E-state index >= 15 is 0 Å². The van der Waals surface area contributed by atoms with Crippen molar-refractivity contribution in [3.8, 4) is 0 Å². The van der Waals surface area contributed by atoms with Crippen molar-refractivity contribution in [3.63, 3.8) is 0 Å². The number of hydrogen-bond acceptors (Lipinski definition) is 4. The second kappa shape index (κ2) is 4.64. The highest BCUT2D eigenvalue weighted by molar-refractivity contribution is 5.79. The van der Waals surface area contributed by atoms with Gasteiger partial charge in [-0.1, -0.05) is 0 Å². The molecule has 0 aliphatic carbocycles. The number of benzene rings is 1. The number of rotatable bonds is 3. The van der Waals surface area contributed by atoms with Gasteiger partial charge in [0, 0.05) is 18.9 Å². The van der Waals surface area contributed by atoms with Gasteiger partial charge in [-0.25, -0.2) is 4.98 Å². The number of aliphatic hydroxyl groups excluding tert-OH is 1. The maximum atomic E-state index is 9.94. The molecule has 3 rings (SSSR count). The molecule has 3 N–H and O–H groups in total. The monoisotopic (exact) mass is 271 g/mol. The fourth-order valence-electron chi connectivity index (χ4n) is 2.37. The first-order valence-corrected chi connectivity index (χ1v) is 6.47. The van der Waals surface area contributed by atoms with Gasteiger partial charge in [0.1, 0.15) is 11.9 Å². The number of aliphatic hydroxyl groups is 1. The Kier molecular flexibility index (Phi) is 2.94. The molecule has 0 fully saturated rings. The number of nitrogens with two attached hydrogens (primary N) is 1. The lowest BCUT2D eigenvalue weighted by molar-refractivity contribution is 0.185. The maximum absolute atomic E-state index is 9.94. The number of hydrogen-bond donors (Lipinski definition) is 2. The molecule has 0 bridgehead atoms. The molecule has 3 aromatic rings. The van der Waals surface area contributed by atoms with Crippen molar-refractivity contribution < 1.29 is 5.11 Å². The fourth-order valence-corrected chi connectivity index (χ4v) is 2.37. The summed E-state index contributed by atoms with van der Waals surface area (Å²) in [5.74, 6) is 0.631. The molecule has 6 nitrogen and oxygen atoms in total. The van der Waals surface area contributed by atoms with Crippen molar-refractivity contribution in [1.82, 2.24) is 19.3 Å². The lowest BCUT2D eigenvalue weighted by Crippen LogP contribution is -2.10. The number of nitrogen functional groups attached to an aromatic ring is 1. The third-order valence-electron chi connectivity index (χ3n) is 3.42. The van der Waals surface area contributed by atoms with E-state index in [0.29, 0.717) is 18.1 Å². The Morgan fingerprint density at radius 1 is 1.35 bits per heavy atom. The Hall–Kier alpha value is -2.34. The summed E-state index contributed by atoms with van der Waals surface area (Å²) in [6, 6.07) is 7.55. The van der Waals surface area contributed by atoms with E-state index in [1.165, 1.54) is 0 Å². The average molecular weight is 271 g/mol. The van der Waals surface area contributed by atoms with Crippen molar-refractivity contribution in [1.29, 1.82) is 0 Å². The topological polar surface area (TPSA) is 81.9 Å². The highest BCUT2D eigenvalue weighted by Gasteiger charge is 2.16. The first-order chi connectivity index (χ1) is 9.56. The van der Waals surface area contributed by atoms with Gasteiger partial charge in [0.15, 0.2) is 0 Å². The van der Waals surface area contributed by atoms with Gasteiger partial charge in [0.25, 0.3) is 0 Å². The van der Waals surface area contributed by atoms with Crippen LogP contribution in [0, 0.1) is 0 Å². The zero-order valence-corrected chi connectivity index (χ0v) is 11.5. The number of anilines is 1.